The molecule has 2 aromatic carbocycles. The lowest BCUT2D eigenvalue weighted by Crippen LogP contribution is -2.59. The van der Waals surface area contributed by atoms with Crippen molar-refractivity contribution < 1.29 is 22.7 Å². The second kappa shape index (κ2) is 9.25. The molecule has 10 nitrogen and oxygen atoms in total. The molecule has 2 heterocycles. The average Bonchev–Trinajstić information content (AvgIpc) is 2.79. The molecule has 36 heavy (non-hydrogen) atoms. The number of anilines is 1. The number of ether oxygens (including phenoxy) is 1. The first kappa shape index (κ1) is 24.3. The molecule has 3 aromatic rings. The number of hydrogen-bond acceptors (Lipinski definition) is 8. The number of aliphatic hydroxyl groups is 1. The highest BCUT2D eigenvalue weighted by Gasteiger charge is 2.49. The molecule has 2 fully saturated rings. The fraction of sp³-hybridized carbons (Fsp3) is 0.375. The number of halogens is 1. The van der Waals surface area contributed by atoms with Crippen molar-refractivity contribution in [1.82, 2.24) is 19.6 Å². The molecule has 0 atom stereocenters. The van der Waals surface area contributed by atoms with Gasteiger partial charge in [0.1, 0.15) is 17.4 Å². The summed E-state index contributed by atoms with van der Waals surface area (Å²) >= 11 is 0. The van der Waals surface area contributed by atoms with Crippen molar-refractivity contribution in [3.63, 3.8) is 0 Å². The molecular formula is C24H25FN6O4S. The van der Waals surface area contributed by atoms with Crippen LogP contribution in [0.5, 0.6) is 11.5 Å². The first-order chi connectivity index (χ1) is 17.2. The molecule has 1 aliphatic heterocycles. The van der Waals surface area contributed by atoms with Crippen LogP contribution in [-0.4, -0.2) is 61.1 Å². The largest absolute Gasteiger partial charge is 0.453 e. The second-order valence-electron chi connectivity index (χ2n) is 9.32. The van der Waals surface area contributed by atoms with Gasteiger partial charge < -0.3 is 15.2 Å². The highest BCUT2D eigenvalue weighted by atomic mass is 32.2. The van der Waals surface area contributed by atoms with Gasteiger partial charge in [0, 0.05) is 44.9 Å². The fourth-order valence-electron chi connectivity index (χ4n) is 4.68. The van der Waals surface area contributed by atoms with Crippen molar-refractivity contribution in [3.8, 4) is 17.6 Å². The Bertz CT molecular complexity index is 1460. The molecule has 1 spiro atoms. The Labute approximate surface area is 207 Å². The van der Waals surface area contributed by atoms with Crippen LogP contribution in [0.1, 0.15) is 30.0 Å². The topological polar surface area (TPSA) is 140 Å². The molecule has 0 amide bonds. The van der Waals surface area contributed by atoms with Gasteiger partial charge in [-0.15, -0.1) is 0 Å². The van der Waals surface area contributed by atoms with Crippen LogP contribution in [0.3, 0.4) is 0 Å². The van der Waals surface area contributed by atoms with Gasteiger partial charge in [0.05, 0.1) is 29.0 Å². The van der Waals surface area contributed by atoms with E-state index < -0.39 is 21.8 Å². The van der Waals surface area contributed by atoms with Crippen molar-refractivity contribution in [2.75, 3.05) is 38.0 Å². The van der Waals surface area contributed by atoms with E-state index in [1.807, 2.05) is 6.07 Å². The number of likely N-dealkylation sites (N-methyl/N-ethyl adjacent to an activating group) is 1. The second-order valence-corrected chi connectivity index (χ2v) is 11.1. The third-order valence-electron chi connectivity index (χ3n) is 6.81. The van der Waals surface area contributed by atoms with E-state index in [0.717, 1.165) is 48.1 Å². The van der Waals surface area contributed by atoms with Gasteiger partial charge in [0.2, 0.25) is 0 Å². The van der Waals surface area contributed by atoms with Gasteiger partial charge in [-0.05, 0) is 42.5 Å². The molecule has 0 unspecified atom stereocenters. The molecule has 1 aromatic heterocycles. The molecular weight excluding hydrogens is 487 g/mol. The van der Waals surface area contributed by atoms with Gasteiger partial charge >= 0.3 is 10.2 Å². The smallest absolute Gasteiger partial charge is 0.301 e. The third kappa shape index (κ3) is 4.46. The zero-order valence-electron chi connectivity index (χ0n) is 19.5. The number of nitrogens with one attached hydrogen (secondary N) is 2. The SMILES string of the molecule is CN(CCO)S(=O)(=O)Nc1ccc(F)c(Oc2ccc3ncc(C4CC5(CNC5)C4)nc3c2)c1C#N. The summed E-state index contributed by atoms with van der Waals surface area (Å²) in [5.74, 6) is -0.656. The maximum Gasteiger partial charge on any atom is 0.301 e. The number of aromatic nitrogens is 2. The standard InChI is InChI=1S/C24H25FN6O4S/c1-31(6-7-32)36(33,34)30-19-5-3-18(25)23(17(19)11-26)35-16-2-4-20-21(8-16)29-22(12-28-20)15-9-24(10-15)13-27-14-24/h2-5,8,12,15,27,30,32H,6-7,9-10,13-14H2,1H3. The zero-order valence-corrected chi connectivity index (χ0v) is 20.3. The van der Waals surface area contributed by atoms with Crippen LogP contribution in [-0.2, 0) is 10.2 Å². The normalized spacial score (nSPS) is 17.0. The van der Waals surface area contributed by atoms with Crippen molar-refractivity contribution in [2.45, 2.75) is 18.8 Å². The summed E-state index contributed by atoms with van der Waals surface area (Å²) in [6.07, 6.45) is 3.94. The van der Waals surface area contributed by atoms with E-state index >= 15 is 0 Å². The van der Waals surface area contributed by atoms with Crippen LogP contribution < -0.4 is 14.8 Å². The molecule has 0 radical (unpaired) electrons. The van der Waals surface area contributed by atoms with Crippen LogP contribution in [0.25, 0.3) is 11.0 Å². The molecule has 3 N–H and O–H groups in total. The monoisotopic (exact) mass is 512 g/mol. The Morgan fingerprint density at radius 2 is 2.08 bits per heavy atom. The van der Waals surface area contributed by atoms with Crippen molar-refractivity contribution in [3.05, 3.63) is 53.6 Å². The summed E-state index contributed by atoms with van der Waals surface area (Å²) in [5, 5.41) is 22.0. The minimum absolute atomic E-state index is 0.147. The summed E-state index contributed by atoms with van der Waals surface area (Å²) < 4.78 is 48.6. The molecule has 0 bridgehead atoms. The Morgan fingerprint density at radius 3 is 2.75 bits per heavy atom. The number of hydrogen-bond donors (Lipinski definition) is 3. The molecule has 2 aliphatic rings. The summed E-state index contributed by atoms with van der Waals surface area (Å²) in [7, 11) is -2.82. The number of nitriles is 1. The predicted molar refractivity (Wildman–Crippen MR) is 130 cm³/mol. The van der Waals surface area contributed by atoms with E-state index in [0.29, 0.717) is 22.4 Å². The molecule has 1 saturated carbocycles. The van der Waals surface area contributed by atoms with E-state index in [1.165, 1.54) is 7.05 Å². The lowest BCUT2D eigenvalue weighted by atomic mass is 9.58. The highest BCUT2D eigenvalue weighted by molar-refractivity contribution is 7.90. The number of nitrogens with zero attached hydrogens (tertiary/aromatic N) is 4. The highest BCUT2D eigenvalue weighted by Crippen LogP contribution is 2.52. The van der Waals surface area contributed by atoms with Crippen LogP contribution in [0.15, 0.2) is 36.5 Å². The first-order valence-corrected chi connectivity index (χ1v) is 12.9. The van der Waals surface area contributed by atoms with Gasteiger partial charge in [0.25, 0.3) is 0 Å². The quantitative estimate of drug-likeness (QED) is 0.418. The van der Waals surface area contributed by atoms with E-state index in [2.05, 4.69) is 15.0 Å². The van der Waals surface area contributed by atoms with Crippen LogP contribution >= 0.6 is 0 Å². The molecule has 1 aliphatic carbocycles. The van der Waals surface area contributed by atoms with E-state index in [9.17, 15) is 18.1 Å². The van der Waals surface area contributed by atoms with Crippen molar-refractivity contribution >= 4 is 26.9 Å². The van der Waals surface area contributed by atoms with E-state index in [1.54, 1.807) is 24.4 Å². The lowest BCUT2D eigenvalue weighted by molar-refractivity contribution is 0.0347. The Balaban J connectivity index is 1.42. The predicted octanol–water partition coefficient (Wildman–Crippen LogP) is 2.48. The summed E-state index contributed by atoms with van der Waals surface area (Å²) in [5.41, 5.74) is 2.08. The number of fused-ring (bicyclic) bond motifs is 1. The number of benzene rings is 2. The summed E-state index contributed by atoms with van der Waals surface area (Å²) in [6, 6.07) is 8.88. The Hall–Kier alpha value is -3.37. The van der Waals surface area contributed by atoms with Gasteiger partial charge in [-0.3, -0.25) is 9.71 Å². The van der Waals surface area contributed by atoms with Gasteiger partial charge in [0.15, 0.2) is 11.6 Å². The molecule has 5 rings (SSSR count). The van der Waals surface area contributed by atoms with Gasteiger partial charge in [-0.25, -0.2) is 9.37 Å². The molecule has 1 saturated heterocycles. The third-order valence-corrected chi connectivity index (χ3v) is 8.30. The maximum absolute atomic E-state index is 14.7. The van der Waals surface area contributed by atoms with E-state index in [-0.39, 0.29) is 30.2 Å². The lowest BCUT2D eigenvalue weighted by Gasteiger charge is -2.54. The van der Waals surface area contributed by atoms with Crippen LogP contribution in [0.2, 0.25) is 0 Å². The maximum atomic E-state index is 14.7. The Kier molecular flexibility index (Phi) is 6.25. The van der Waals surface area contributed by atoms with E-state index in [4.69, 9.17) is 14.8 Å². The number of aliphatic hydroxyl groups excluding tert-OH is 1. The van der Waals surface area contributed by atoms with Crippen molar-refractivity contribution in [2.24, 2.45) is 5.41 Å². The van der Waals surface area contributed by atoms with Crippen LogP contribution in [0, 0.1) is 22.6 Å². The number of rotatable bonds is 8. The van der Waals surface area contributed by atoms with Gasteiger partial charge in [-0.1, -0.05) is 0 Å². The summed E-state index contributed by atoms with van der Waals surface area (Å²) in [4.78, 5) is 9.25. The van der Waals surface area contributed by atoms with Crippen molar-refractivity contribution in [1.29, 1.82) is 5.26 Å². The fourth-order valence-corrected chi connectivity index (χ4v) is 5.60. The Morgan fingerprint density at radius 1 is 1.31 bits per heavy atom. The average molecular weight is 513 g/mol. The van der Waals surface area contributed by atoms with Crippen LogP contribution in [0.4, 0.5) is 10.1 Å². The zero-order chi connectivity index (χ0) is 25.5. The minimum atomic E-state index is -4.08. The first-order valence-electron chi connectivity index (χ1n) is 11.5. The summed E-state index contributed by atoms with van der Waals surface area (Å²) in [6.45, 7) is 1.55. The molecule has 12 heteroatoms. The molecule has 188 valence electrons. The van der Waals surface area contributed by atoms with Gasteiger partial charge in [-0.2, -0.15) is 18.0 Å². The minimum Gasteiger partial charge on any atom is -0.453 e.